The number of halogens is 4. The van der Waals surface area contributed by atoms with Crippen molar-refractivity contribution >= 4 is 29.9 Å². The minimum atomic E-state index is -4.74. The maximum absolute atomic E-state index is 12.5. The van der Waals surface area contributed by atoms with Gasteiger partial charge in [0.25, 0.3) is 0 Å². The van der Waals surface area contributed by atoms with Gasteiger partial charge in [-0.25, -0.2) is 4.98 Å². The zero-order valence-corrected chi connectivity index (χ0v) is 17.0. The number of hydrogen-bond donors (Lipinski definition) is 2. The Morgan fingerprint density at radius 3 is 2.52 bits per heavy atom. The van der Waals surface area contributed by atoms with Gasteiger partial charge < -0.3 is 20.1 Å². The molecule has 0 spiro atoms. The molecule has 0 unspecified atom stereocenters. The third-order valence-corrected chi connectivity index (χ3v) is 3.34. The summed E-state index contributed by atoms with van der Waals surface area (Å²) in [5.41, 5.74) is 1.28. The minimum Gasteiger partial charge on any atom is -0.481 e. The van der Waals surface area contributed by atoms with Crippen LogP contribution in [0.15, 0.2) is 47.6 Å². The summed E-state index contributed by atoms with van der Waals surface area (Å²) in [6, 6.07) is 9.52. The van der Waals surface area contributed by atoms with Crippen molar-refractivity contribution in [2.75, 3.05) is 14.2 Å². The zero-order chi connectivity index (χ0) is 19.0. The van der Waals surface area contributed by atoms with E-state index in [1.165, 1.54) is 19.2 Å². The summed E-state index contributed by atoms with van der Waals surface area (Å²) in [6.45, 7) is 0.560. The molecule has 2 N–H and O–H groups in total. The number of guanidine groups is 1. The standard InChI is InChI=1S/C17H19F3N4O2.HI/c1-21-16(23-10-12-7-8-22-15(9-12)25-2)24-11-13-5-3-4-6-14(13)26-17(18,19)20;/h3-9H,10-11H2,1-2H3,(H2,21,23,24);1H. The van der Waals surface area contributed by atoms with Gasteiger partial charge in [-0.15, -0.1) is 37.1 Å². The molecule has 0 aliphatic carbocycles. The Morgan fingerprint density at radius 2 is 1.85 bits per heavy atom. The van der Waals surface area contributed by atoms with Crippen LogP contribution in [0.3, 0.4) is 0 Å². The van der Waals surface area contributed by atoms with Crippen LogP contribution in [0.4, 0.5) is 13.2 Å². The first-order valence-electron chi connectivity index (χ1n) is 7.68. The normalized spacial score (nSPS) is 11.4. The average molecular weight is 496 g/mol. The predicted molar refractivity (Wildman–Crippen MR) is 106 cm³/mol. The molecule has 0 aliphatic rings. The summed E-state index contributed by atoms with van der Waals surface area (Å²) in [5, 5.41) is 6.02. The molecule has 0 aliphatic heterocycles. The summed E-state index contributed by atoms with van der Waals surface area (Å²) in [4.78, 5) is 8.07. The van der Waals surface area contributed by atoms with Crippen LogP contribution in [0.5, 0.6) is 11.6 Å². The number of alkyl halides is 3. The van der Waals surface area contributed by atoms with Crippen molar-refractivity contribution in [1.29, 1.82) is 0 Å². The van der Waals surface area contributed by atoms with Gasteiger partial charge in [0, 0.05) is 38.0 Å². The molecule has 0 bridgehead atoms. The first kappa shape index (κ1) is 22.8. The second kappa shape index (κ2) is 10.8. The Kier molecular flexibility index (Phi) is 9.12. The number of aromatic nitrogens is 1. The quantitative estimate of drug-likeness (QED) is 0.365. The van der Waals surface area contributed by atoms with Crippen molar-refractivity contribution < 1.29 is 22.6 Å². The minimum absolute atomic E-state index is 0. The monoisotopic (exact) mass is 496 g/mol. The third-order valence-electron chi connectivity index (χ3n) is 3.34. The molecule has 1 aromatic carbocycles. The number of nitrogens with one attached hydrogen (secondary N) is 2. The predicted octanol–water partition coefficient (Wildman–Crippen LogP) is 3.47. The fraction of sp³-hybridized carbons (Fsp3) is 0.294. The van der Waals surface area contributed by atoms with Gasteiger partial charge in [-0.05, 0) is 17.7 Å². The van der Waals surface area contributed by atoms with Crippen molar-refractivity contribution in [2.24, 2.45) is 4.99 Å². The summed E-state index contributed by atoms with van der Waals surface area (Å²) < 4.78 is 46.5. The molecular formula is C17H20F3IN4O2. The van der Waals surface area contributed by atoms with Crippen LogP contribution in [0, 0.1) is 0 Å². The van der Waals surface area contributed by atoms with Crippen LogP contribution in [0.1, 0.15) is 11.1 Å². The summed E-state index contributed by atoms with van der Waals surface area (Å²) >= 11 is 0. The van der Waals surface area contributed by atoms with Crippen LogP contribution in [-0.4, -0.2) is 31.5 Å². The van der Waals surface area contributed by atoms with E-state index in [-0.39, 0.29) is 36.3 Å². The molecule has 0 saturated carbocycles. The van der Waals surface area contributed by atoms with Crippen LogP contribution in [0.2, 0.25) is 0 Å². The highest BCUT2D eigenvalue weighted by molar-refractivity contribution is 14.0. The fourth-order valence-corrected chi connectivity index (χ4v) is 2.13. The molecule has 2 aromatic rings. The molecule has 1 aromatic heterocycles. The Bertz CT molecular complexity index is 757. The molecule has 0 radical (unpaired) electrons. The third kappa shape index (κ3) is 7.89. The molecule has 6 nitrogen and oxygen atoms in total. The largest absolute Gasteiger partial charge is 0.573 e. The van der Waals surface area contributed by atoms with Gasteiger partial charge in [-0.3, -0.25) is 4.99 Å². The van der Waals surface area contributed by atoms with Gasteiger partial charge in [0.05, 0.1) is 7.11 Å². The maximum atomic E-state index is 12.5. The van der Waals surface area contributed by atoms with Gasteiger partial charge in [0.2, 0.25) is 5.88 Å². The fourth-order valence-electron chi connectivity index (χ4n) is 2.13. The highest BCUT2D eigenvalue weighted by Gasteiger charge is 2.31. The average Bonchev–Trinajstić information content (AvgIpc) is 2.62. The Balaban J connectivity index is 0.00000364. The number of methoxy groups -OCH3 is 1. The van der Waals surface area contributed by atoms with Crippen molar-refractivity contribution in [3.8, 4) is 11.6 Å². The van der Waals surface area contributed by atoms with Crippen molar-refractivity contribution in [2.45, 2.75) is 19.5 Å². The van der Waals surface area contributed by atoms with E-state index in [0.717, 1.165) is 5.56 Å². The Labute approximate surface area is 172 Å². The zero-order valence-electron chi connectivity index (χ0n) is 14.7. The SMILES string of the molecule is CN=C(NCc1ccnc(OC)c1)NCc1ccccc1OC(F)(F)F.I. The second-order valence-corrected chi connectivity index (χ2v) is 5.14. The summed E-state index contributed by atoms with van der Waals surface area (Å²) in [6.07, 6.45) is -3.12. The summed E-state index contributed by atoms with van der Waals surface area (Å²) in [5.74, 6) is 0.676. The summed E-state index contributed by atoms with van der Waals surface area (Å²) in [7, 11) is 3.10. The highest BCUT2D eigenvalue weighted by Crippen LogP contribution is 2.26. The molecule has 0 fully saturated rings. The van der Waals surface area contributed by atoms with Gasteiger partial charge >= 0.3 is 6.36 Å². The van der Waals surface area contributed by atoms with E-state index in [1.807, 2.05) is 6.07 Å². The van der Waals surface area contributed by atoms with Gasteiger partial charge in [-0.2, -0.15) is 0 Å². The van der Waals surface area contributed by atoms with Crippen LogP contribution < -0.4 is 20.1 Å². The lowest BCUT2D eigenvalue weighted by Gasteiger charge is -2.15. The molecule has 148 valence electrons. The van der Waals surface area contributed by atoms with E-state index in [4.69, 9.17) is 4.74 Å². The van der Waals surface area contributed by atoms with E-state index < -0.39 is 6.36 Å². The first-order chi connectivity index (χ1) is 12.4. The molecule has 27 heavy (non-hydrogen) atoms. The molecule has 10 heteroatoms. The van der Waals surface area contributed by atoms with Crippen LogP contribution in [-0.2, 0) is 13.1 Å². The van der Waals surface area contributed by atoms with Crippen LogP contribution in [0.25, 0.3) is 0 Å². The topological polar surface area (TPSA) is 67.8 Å². The van der Waals surface area contributed by atoms with Crippen LogP contribution >= 0.6 is 24.0 Å². The molecular weight excluding hydrogens is 476 g/mol. The van der Waals surface area contributed by atoms with Crippen molar-refractivity contribution in [3.63, 3.8) is 0 Å². The van der Waals surface area contributed by atoms with E-state index in [2.05, 4.69) is 25.3 Å². The molecule has 1 heterocycles. The number of aliphatic imine (C=N–C) groups is 1. The number of hydrogen-bond acceptors (Lipinski definition) is 4. The van der Waals surface area contributed by atoms with Gasteiger partial charge in [0.15, 0.2) is 5.96 Å². The van der Waals surface area contributed by atoms with E-state index in [0.29, 0.717) is 23.9 Å². The lowest BCUT2D eigenvalue weighted by molar-refractivity contribution is -0.274. The van der Waals surface area contributed by atoms with E-state index in [1.54, 1.807) is 31.4 Å². The molecule has 2 rings (SSSR count). The first-order valence-corrected chi connectivity index (χ1v) is 7.68. The number of benzene rings is 1. The van der Waals surface area contributed by atoms with Crippen molar-refractivity contribution in [3.05, 3.63) is 53.7 Å². The second-order valence-electron chi connectivity index (χ2n) is 5.14. The number of para-hydroxylation sites is 1. The molecule has 0 saturated heterocycles. The van der Waals surface area contributed by atoms with E-state index >= 15 is 0 Å². The number of nitrogens with zero attached hydrogens (tertiary/aromatic N) is 2. The number of ether oxygens (including phenoxy) is 2. The van der Waals surface area contributed by atoms with Gasteiger partial charge in [-0.1, -0.05) is 18.2 Å². The highest BCUT2D eigenvalue weighted by atomic mass is 127. The van der Waals surface area contributed by atoms with Gasteiger partial charge in [0.1, 0.15) is 5.75 Å². The number of pyridine rings is 1. The van der Waals surface area contributed by atoms with E-state index in [9.17, 15) is 13.2 Å². The number of rotatable bonds is 6. The Hall–Kier alpha value is -2.24. The molecule has 0 atom stereocenters. The molecule has 0 amide bonds. The maximum Gasteiger partial charge on any atom is 0.573 e. The van der Waals surface area contributed by atoms with Crippen molar-refractivity contribution in [1.82, 2.24) is 15.6 Å². The lowest BCUT2D eigenvalue weighted by Crippen LogP contribution is -2.36. The Morgan fingerprint density at radius 1 is 1.15 bits per heavy atom. The lowest BCUT2D eigenvalue weighted by atomic mass is 10.2. The smallest absolute Gasteiger partial charge is 0.481 e.